The number of aromatic nitrogens is 1. The lowest BCUT2D eigenvalue weighted by Gasteiger charge is -2.04. The Kier molecular flexibility index (Phi) is 3.55. The largest absolute Gasteiger partial charge is 0.263 e. The van der Waals surface area contributed by atoms with Crippen LogP contribution < -0.4 is 4.72 Å². The van der Waals surface area contributed by atoms with Crippen molar-refractivity contribution < 1.29 is 8.42 Å². The maximum atomic E-state index is 12.1. The topological polar surface area (TPSA) is 82.8 Å². The Morgan fingerprint density at radius 2 is 1.89 bits per heavy atom. The summed E-state index contributed by atoms with van der Waals surface area (Å²) in [7, 11) is -3.65. The van der Waals surface area contributed by atoms with Gasteiger partial charge in [-0.05, 0) is 38.1 Å². The molecule has 0 fully saturated rings. The molecule has 1 aromatic carbocycles. The Hall–Kier alpha value is -1.91. The first kappa shape index (κ1) is 13.5. The normalized spacial score (nSPS) is 11.0. The average Bonchev–Trinajstić information content (AvgIpc) is 2.67. The maximum absolute atomic E-state index is 12.1. The van der Waals surface area contributed by atoms with Crippen molar-refractivity contribution in [3.8, 4) is 6.07 Å². The first-order chi connectivity index (χ1) is 8.92. The molecule has 1 N–H and O–H groups in total. The Balaban J connectivity index is 2.29. The summed E-state index contributed by atoms with van der Waals surface area (Å²) < 4.78 is 26.6. The van der Waals surface area contributed by atoms with Crippen molar-refractivity contribution in [1.82, 2.24) is 4.98 Å². The fraction of sp³-hybridized carbons (Fsp3) is 0.167. The number of aryl methyl sites for hydroxylation is 2. The number of benzene rings is 1. The Morgan fingerprint density at radius 3 is 2.37 bits per heavy atom. The minimum Gasteiger partial charge on any atom is -0.255 e. The molecule has 5 nitrogen and oxygen atoms in total. The third-order valence-corrected chi connectivity index (χ3v) is 5.02. The van der Waals surface area contributed by atoms with Gasteiger partial charge in [0, 0.05) is 4.88 Å². The molecule has 0 amide bonds. The van der Waals surface area contributed by atoms with Gasteiger partial charge in [0.25, 0.3) is 10.0 Å². The van der Waals surface area contributed by atoms with E-state index >= 15 is 0 Å². The number of nitrogens with zero attached hydrogens (tertiary/aromatic N) is 2. The first-order valence-electron chi connectivity index (χ1n) is 5.39. The van der Waals surface area contributed by atoms with Gasteiger partial charge in [0.15, 0.2) is 5.13 Å². The van der Waals surface area contributed by atoms with Gasteiger partial charge in [-0.3, -0.25) is 4.72 Å². The first-order valence-corrected chi connectivity index (χ1v) is 7.69. The van der Waals surface area contributed by atoms with E-state index in [2.05, 4.69) is 9.71 Å². The van der Waals surface area contributed by atoms with Gasteiger partial charge < -0.3 is 0 Å². The zero-order chi connectivity index (χ0) is 14.0. The van der Waals surface area contributed by atoms with Crippen LogP contribution in [-0.4, -0.2) is 13.4 Å². The second-order valence-electron chi connectivity index (χ2n) is 3.90. The monoisotopic (exact) mass is 293 g/mol. The van der Waals surface area contributed by atoms with Crippen LogP contribution >= 0.6 is 11.3 Å². The van der Waals surface area contributed by atoms with E-state index in [0.29, 0.717) is 10.7 Å². The SMILES string of the molecule is Cc1nc(NS(=O)(=O)c2ccc(C#N)cc2)sc1C. The third kappa shape index (κ3) is 2.92. The lowest BCUT2D eigenvalue weighted by molar-refractivity contribution is 0.601. The van der Waals surface area contributed by atoms with Crippen molar-refractivity contribution in [2.45, 2.75) is 18.7 Å². The maximum Gasteiger partial charge on any atom is 0.263 e. The number of anilines is 1. The standard InChI is InChI=1S/C12H11N3O2S2/c1-8-9(2)18-12(14-8)15-19(16,17)11-5-3-10(7-13)4-6-11/h3-6H,1-2H3,(H,14,15). The summed E-state index contributed by atoms with van der Waals surface area (Å²) in [5.74, 6) is 0. The number of rotatable bonds is 3. The van der Waals surface area contributed by atoms with Gasteiger partial charge in [0.1, 0.15) is 0 Å². The molecule has 0 aliphatic heterocycles. The molecule has 0 atom stereocenters. The average molecular weight is 293 g/mol. The molecule has 1 heterocycles. The molecule has 0 bridgehead atoms. The Labute approximate surface area is 115 Å². The van der Waals surface area contributed by atoms with Crippen LogP contribution in [0.15, 0.2) is 29.2 Å². The van der Waals surface area contributed by atoms with Crippen molar-refractivity contribution in [2.75, 3.05) is 4.72 Å². The van der Waals surface area contributed by atoms with Crippen molar-refractivity contribution >= 4 is 26.5 Å². The van der Waals surface area contributed by atoms with Crippen molar-refractivity contribution in [3.05, 3.63) is 40.4 Å². The molecule has 0 aliphatic carbocycles. The summed E-state index contributed by atoms with van der Waals surface area (Å²) in [6, 6.07) is 7.67. The zero-order valence-electron chi connectivity index (χ0n) is 10.3. The van der Waals surface area contributed by atoms with E-state index in [-0.39, 0.29) is 4.90 Å². The molecular weight excluding hydrogens is 282 g/mol. The minimum atomic E-state index is -3.65. The van der Waals surface area contributed by atoms with E-state index in [1.165, 1.54) is 35.6 Å². The molecule has 0 aliphatic rings. The number of nitrogens with one attached hydrogen (secondary N) is 1. The number of hydrogen-bond acceptors (Lipinski definition) is 5. The van der Waals surface area contributed by atoms with Gasteiger partial charge in [-0.2, -0.15) is 5.26 Å². The highest BCUT2D eigenvalue weighted by atomic mass is 32.2. The van der Waals surface area contributed by atoms with Gasteiger partial charge in [0.05, 0.1) is 22.2 Å². The number of sulfonamides is 1. The predicted octanol–water partition coefficient (Wildman–Crippen LogP) is 2.43. The van der Waals surface area contributed by atoms with E-state index in [9.17, 15) is 8.42 Å². The molecule has 0 spiro atoms. The Morgan fingerprint density at radius 1 is 1.26 bits per heavy atom. The van der Waals surface area contributed by atoms with Crippen LogP contribution in [-0.2, 0) is 10.0 Å². The lowest BCUT2D eigenvalue weighted by Crippen LogP contribution is -2.12. The molecule has 0 radical (unpaired) electrons. The van der Waals surface area contributed by atoms with Crippen LogP contribution in [0.3, 0.4) is 0 Å². The van der Waals surface area contributed by atoms with Crippen LogP contribution in [0, 0.1) is 25.2 Å². The summed E-state index contributed by atoms with van der Waals surface area (Å²) in [6.07, 6.45) is 0. The summed E-state index contributed by atoms with van der Waals surface area (Å²) in [5, 5.41) is 9.02. The smallest absolute Gasteiger partial charge is 0.255 e. The van der Waals surface area contributed by atoms with Crippen molar-refractivity contribution in [1.29, 1.82) is 5.26 Å². The summed E-state index contributed by atoms with van der Waals surface area (Å²) in [4.78, 5) is 5.21. The molecule has 2 aromatic rings. The van der Waals surface area contributed by atoms with E-state index in [4.69, 9.17) is 5.26 Å². The van der Waals surface area contributed by atoms with Crippen LogP contribution in [0.25, 0.3) is 0 Å². The van der Waals surface area contributed by atoms with Crippen LogP contribution in [0.5, 0.6) is 0 Å². The van der Waals surface area contributed by atoms with Crippen molar-refractivity contribution in [2.24, 2.45) is 0 Å². The highest BCUT2D eigenvalue weighted by molar-refractivity contribution is 7.93. The van der Waals surface area contributed by atoms with E-state index in [1.54, 1.807) is 0 Å². The van der Waals surface area contributed by atoms with Crippen LogP contribution in [0.2, 0.25) is 0 Å². The highest BCUT2D eigenvalue weighted by Crippen LogP contribution is 2.24. The number of nitriles is 1. The van der Waals surface area contributed by atoms with Gasteiger partial charge in [0.2, 0.25) is 0 Å². The molecule has 0 saturated carbocycles. The third-order valence-electron chi connectivity index (χ3n) is 2.54. The summed E-state index contributed by atoms with van der Waals surface area (Å²) in [5.41, 5.74) is 1.22. The second-order valence-corrected chi connectivity index (χ2v) is 6.79. The van der Waals surface area contributed by atoms with Crippen LogP contribution in [0.4, 0.5) is 5.13 Å². The van der Waals surface area contributed by atoms with E-state index in [1.807, 2.05) is 19.9 Å². The quantitative estimate of drug-likeness (QED) is 0.942. The molecular formula is C12H11N3O2S2. The Bertz CT molecular complexity index is 721. The van der Waals surface area contributed by atoms with E-state index < -0.39 is 10.0 Å². The molecule has 0 saturated heterocycles. The molecule has 0 unspecified atom stereocenters. The summed E-state index contributed by atoms with van der Waals surface area (Å²) in [6.45, 7) is 3.71. The minimum absolute atomic E-state index is 0.108. The molecule has 19 heavy (non-hydrogen) atoms. The van der Waals surface area contributed by atoms with Gasteiger partial charge in [-0.25, -0.2) is 13.4 Å². The van der Waals surface area contributed by atoms with Crippen LogP contribution in [0.1, 0.15) is 16.1 Å². The summed E-state index contributed by atoms with van der Waals surface area (Å²) >= 11 is 1.29. The highest BCUT2D eigenvalue weighted by Gasteiger charge is 2.16. The van der Waals surface area contributed by atoms with Gasteiger partial charge in [-0.1, -0.05) is 0 Å². The fourth-order valence-corrected chi connectivity index (χ4v) is 3.45. The lowest BCUT2D eigenvalue weighted by atomic mass is 10.2. The molecule has 98 valence electrons. The number of thiazole rings is 1. The molecule has 7 heteroatoms. The van der Waals surface area contributed by atoms with Crippen molar-refractivity contribution in [3.63, 3.8) is 0 Å². The second kappa shape index (κ2) is 4.99. The number of hydrogen-bond donors (Lipinski definition) is 1. The molecule has 1 aromatic heterocycles. The van der Waals surface area contributed by atoms with E-state index in [0.717, 1.165) is 10.6 Å². The van der Waals surface area contributed by atoms with Gasteiger partial charge >= 0.3 is 0 Å². The predicted molar refractivity (Wildman–Crippen MR) is 73.6 cm³/mol. The fourth-order valence-electron chi connectivity index (χ4n) is 1.40. The van der Waals surface area contributed by atoms with Gasteiger partial charge in [-0.15, -0.1) is 11.3 Å². The molecule has 2 rings (SSSR count). The zero-order valence-corrected chi connectivity index (χ0v) is 12.0.